The third kappa shape index (κ3) is 1.95. The molecule has 0 saturated heterocycles. The van der Waals surface area contributed by atoms with Crippen molar-refractivity contribution in [2.45, 2.75) is 0 Å². The normalized spacial score (nSPS) is 7.50. The van der Waals surface area contributed by atoms with Gasteiger partial charge in [0, 0.05) is 28.9 Å². The molecule has 0 aliphatic heterocycles. The van der Waals surface area contributed by atoms with Crippen molar-refractivity contribution in [1.82, 2.24) is 0 Å². The van der Waals surface area contributed by atoms with Crippen molar-refractivity contribution < 1.29 is 21.5 Å². The molecule has 0 aliphatic carbocycles. The fourth-order valence-electron chi connectivity index (χ4n) is 0.383. The van der Waals surface area contributed by atoms with Crippen molar-refractivity contribution in [2.75, 3.05) is 0 Å². The largest absolute Gasteiger partial charge is 0.619 e. The van der Waals surface area contributed by atoms with E-state index in [1.165, 1.54) is 12.4 Å². The van der Waals surface area contributed by atoms with Crippen molar-refractivity contribution in [3.05, 3.63) is 35.8 Å². The maximum atomic E-state index is 10.2. The molecule has 0 amide bonds. The number of hydrogen-bond acceptors (Lipinski definition) is 1. The van der Waals surface area contributed by atoms with Crippen molar-refractivity contribution in [2.24, 2.45) is 0 Å². The van der Waals surface area contributed by atoms with Gasteiger partial charge in [-0.05, 0) is 0 Å². The third-order valence-electron chi connectivity index (χ3n) is 0.688. The molecule has 1 heterocycles. The maximum Gasteiger partial charge on any atom is 0.180 e. The average Bonchev–Trinajstić information content (AvgIpc) is 1.69. The van der Waals surface area contributed by atoms with Crippen LogP contribution in [0.2, 0.25) is 0 Å². The third-order valence-corrected chi connectivity index (χ3v) is 0.688. The van der Waals surface area contributed by atoms with Crippen LogP contribution >= 0.6 is 0 Å². The van der Waals surface area contributed by atoms with Crippen LogP contribution in [0, 0.1) is 5.21 Å². The van der Waals surface area contributed by atoms with Crippen molar-refractivity contribution in [3.8, 4) is 0 Å². The predicted molar refractivity (Wildman–Crippen MR) is 25.4 cm³/mol. The van der Waals surface area contributed by atoms with Crippen LogP contribution in [0.25, 0.3) is 0 Å². The summed E-state index contributed by atoms with van der Waals surface area (Å²) in [6.07, 6.45) is 2.89. The number of aromatic nitrogens is 1. The second-order valence-electron chi connectivity index (χ2n) is 1.24. The molecular weight excluding hydrogens is 149 g/mol. The Balaban J connectivity index is 0.000000490. The summed E-state index contributed by atoms with van der Waals surface area (Å²) < 4.78 is 0.750. The first-order valence-corrected chi connectivity index (χ1v) is 2.03. The van der Waals surface area contributed by atoms with E-state index in [0.717, 1.165) is 4.73 Å². The smallest absolute Gasteiger partial charge is 0.180 e. The van der Waals surface area contributed by atoms with Gasteiger partial charge in [0.1, 0.15) is 0 Å². The molecule has 1 radical (unpaired) electrons. The molecule has 8 heavy (non-hydrogen) atoms. The van der Waals surface area contributed by atoms with Gasteiger partial charge in [0.05, 0.1) is 0 Å². The average molecular weight is 154 g/mol. The Kier molecular flexibility index (Phi) is 3.22. The van der Waals surface area contributed by atoms with Gasteiger partial charge in [-0.25, -0.2) is 0 Å². The Labute approximate surface area is 57.9 Å². The Morgan fingerprint density at radius 3 is 1.75 bits per heavy atom. The van der Waals surface area contributed by atoms with Crippen LogP contribution in [0.5, 0.6) is 0 Å². The molecule has 45 valence electrons. The second kappa shape index (κ2) is 3.46. The van der Waals surface area contributed by atoms with E-state index in [4.69, 9.17) is 0 Å². The molecule has 0 unspecified atom stereocenters. The fraction of sp³-hybridized carbons (Fsp3) is 0. The minimum Gasteiger partial charge on any atom is -0.619 e. The van der Waals surface area contributed by atoms with E-state index < -0.39 is 0 Å². The zero-order valence-corrected chi connectivity index (χ0v) is 5.12. The number of nitrogens with zero attached hydrogens (tertiary/aromatic N) is 1. The summed E-state index contributed by atoms with van der Waals surface area (Å²) in [5.74, 6) is 0. The van der Waals surface area contributed by atoms with E-state index in [1.54, 1.807) is 18.2 Å². The fourth-order valence-corrected chi connectivity index (χ4v) is 0.383. The van der Waals surface area contributed by atoms with E-state index >= 15 is 0 Å². The van der Waals surface area contributed by atoms with E-state index in [2.05, 4.69) is 0 Å². The molecule has 0 fully saturated rings. The molecule has 0 aromatic carbocycles. The monoisotopic (exact) mass is 154 g/mol. The summed E-state index contributed by atoms with van der Waals surface area (Å²) in [6.45, 7) is 0. The van der Waals surface area contributed by atoms with Crippen LogP contribution in [0.1, 0.15) is 0 Å². The molecule has 0 atom stereocenters. The zero-order chi connectivity index (χ0) is 5.11. The second-order valence-corrected chi connectivity index (χ2v) is 1.24. The van der Waals surface area contributed by atoms with Crippen LogP contribution in [-0.2, 0) is 16.8 Å². The van der Waals surface area contributed by atoms with Gasteiger partial charge in [-0.2, -0.15) is 4.73 Å². The van der Waals surface area contributed by atoms with E-state index in [-0.39, 0.29) is 16.8 Å². The predicted octanol–water partition coefficient (Wildman–Crippen LogP) is 0.318. The minimum atomic E-state index is 0. The van der Waals surface area contributed by atoms with Gasteiger partial charge in [0.25, 0.3) is 0 Å². The topological polar surface area (TPSA) is 26.9 Å². The van der Waals surface area contributed by atoms with Crippen LogP contribution in [0.15, 0.2) is 30.6 Å². The molecule has 1 aromatic heterocycles. The van der Waals surface area contributed by atoms with Crippen LogP contribution in [-0.4, -0.2) is 0 Å². The van der Waals surface area contributed by atoms with Gasteiger partial charge in [-0.1, -0.05) is 6.07 Å². The first kappa shape index (κ1) is 7.46. The van der Waals surface area contributed by atoms with Gasteiger partial charge in [-0.3, -0.25) is 0 Å². The van der Waals surface area contributed by atoms with Gasteiger partial charge >= 0.3 is 0 Å². The number of rotatable bonds is 0. The molecule has 0 aliphatic rings. The van der Waals surface area contributed by atoms with Gasteiger partial charge in [0.2, 0.25) is 0 Å². The maximum absolute atomic E-state index is 10.2. The summed E-state index contributed by atoms with van der Waals surface area (Å²) >= 11 is 0. The summed E-state index contributed by atoms with van der Waals surface area (Å²) in [5.41, 5.74) is 0. The summed E-state index contributed by atoms with van der Waals surface area (Å²) in [6, 6.07) is 5.18. The van der Waals surface area contributed by atoms with E-state index in [9.17, 15) is 5.21 Å². The van der Waals surface area contributed by atoms with E-state index in [0.29, 0.717) is 0 Å². The molecule has 3 heteroatoms. The van der Waals surface area contributed by atoms with Crippen LogP contribution < -0.4 is 4.73 Å². The number of hydrogen-bond donors (Lipinski definition) is 0. The Bertz CT molecular complexity index is 142. The Hall–Kier alpha value is -0.544. The molecule has 1 aromatic rings. The molecule has 0 saturated carbocycles. The van der Waals surface area contributed by atoms with Crippen molar-refractivity contribution in [1.29, 1.82) is 0 Å². The first-order chi connectivity index (χ1) is 3.39. The standard InChI is InChI=1S/C5H5NO.Co/c7-6-4-2-1-3-5-6;/h1-5H;. The Morgan fingerprint density at radius 2 is 1.50 bits per heavy atom. The minimum absolute atomic E-state index is 0. The zero-order valence-electron chi connectivity index (χ0n) is 4.08. The molecular formula is C5H5CoNO. The SMILES string of the molecule is [Co].[O-][n+]1ccccc1. The molecule has 1 rings (SSSR count). The quantitative estimate of drug-likeness (QED) is 0.390. The molecule has 0 bridgehead atoms. The summed E-state index contributed by atoms with van der Waals surface area (Å²) in [7, 11) is 0. The van der Waals surface area contributed by atoms with Crippen molar-refractivity contribution >= 4 is 0 Å². The van der Waals surface area contributed by atoms with Gasteiger partial charge < -0.3 is 5.21 Å². The molecule has 0 spiro atoms. The van der Waals surface area contributed by atoms with Crippen LogP contribution in [0.4, 0.5) is 0 Å². The van der Waals surface area contributed by atoms with Gasteiger partial charge in [0.15, 0.2) is 12.4 Å². The first-order valence-electron chi connectivity index (χ1n) is 2.03. The summed E-state index contributed by atoms with van der Waals surface area (Å²) in [5, 5.41) is 10.2. The summed E-state index contributed by atoms with van der Waals surface area (Å²) in [4.78, 5) is 0. The van der Waals surface area contributed by atoms with Crippen molar-refractivity contribution in [3.63, 3.8) is 0 Å². The van der Waals surface area contributed by atoms with E-state index in [1.807, 2.05) is 0 Å². The molecule has 2 nitrogen and oxygen atoms in total. The van der Waals surface area contributed by atoms with Crippen LogP contribution in [0.3, 0.4) is 0 Å². The molecule has 0 N–H and O–H groups in total. The Morgan fingerprint density at radius 1 is 1.00 bits per heavy atom. The number of pyridine rings is 1. The van der Waals surface area contributed by atoms with Gasteiger partial charge in [-0.15, -0.1) is 0 Å².